The van der Waals surface area contributed by atoms with E-state index >= 15 is 0 Å². The van der Waals surface area contributed by atoms with Gasteiger partial charge < -0.3 is 4.74 Å². The summed E-state index contributed by atoms with van der Waals surface area (Å²) in [5, 5.41) is 4.29. The van der Waals surface area contributed by atoms with E-state index in [9.17, 15) is 0 Å². The number of hydrogen-bond donors (Lipinski definition) is 0. The molecular formula is C19H23N5O. The predicted octanol–water partition coefficient (Wildman–Crippen LogP) is 2.43. The fraction of sp³-hybridized carbons (Fsp3) is 0.421. The fourth-order valence-electron chi connectivity index (χ4n) is 3.33. The van der Waals surface area contributed by atoms with Crippen LogP contribution in [0.1, 0.15) is 17.8 Å². The van der Waals surface area contributed by atoms with Crippen molar-refractivity contribution >= 4 is 11.0 Å². The summed E-state index contributed by atoms with van der Waals surface area (Å²) in [6.07, 6.45) is 4.98. The lowest BCUT2D eigenvalue weighted by Crippen LogP contribution is -2.34. The van der Waals surface area contributed by atoms with Gasteiger partial charge >= 0.3 is 0 Å². The first-order valence-electron chi connectivity index (χ1n) is 8.81. The summed E-state index contributed by atoms with van der Waals surface area (Å²) in [7, 11) is 0. The lowest BCUT2D eigenvalue weighted by atomic mass is 10.2. The van der Waals surface area contributed by atoms with Gasteiger partial charge in [-0.05, 0) is 31.5 Å². The van der Waals surface area contributed by atoms with Crippen molar-refractivity contribution in [3.05, 3.63) is 54.1 Å². The summed E-state index contributed by atoms with van der Waals surface area (Å²) in [6, 6.07) is 10.00. The Morgan fingerprint density at radius 3 is 2.80 bits per heavy atom. The van der Waals surface area contributed by atoms with Crippen LogP contribution in [-0.4, -0.2) is 50.4 Å². The number of nitrogens with zero attached hydrogens (tertiary/aromatic N) is 5. The molecule has 2 aromatic heterocycles. The molecule has 1 aromatic carbocycles. The molecule has 0 aliphatic carbocycles. The van der Waals surface area contributed by atoms with Gasteiger partial charge in [0.05, 0.1) is 35.1 Å². The molecule has 0 amide bonds. The molecule has 130 valence electrons. The highest BCUT2D eigenvalue weighted by atomic mass is 16.5. The van der Waals surface area contributed by atoms with Gasteiger partial charge in [-0.3, -0.25) is 9.58 Å². The molecule has 0 spiro atoms. The maximum atomic E-state index is 6.01. The first-order chi connectivity index (χ1) is 12.3. The number of rotatable bonds is 4. The Hall–Kier alpha value is -2.31. The van der Waals surface area contributed by atoms with Crippen LogP contribution < -0.4 is 0 Å². The molecule has 1 aliphatic rings. The molecule has 1 unspecified atom stereocenters. The van der Waals surface area contributed by atoms with Crippen LogP contribution in [0.15, 0.2) is 42.7 Å². The molecular weight excluding hydrogens is 314 g/mol. The average molecular weight is 337 g/mol. The van der Waals surface area contributed by atoms with Crippen molar-refractivity contribution in [3.63, 3.8) is 0 Å². The van der Waals surface area contributed by atoms with Crippen molar-refractivity contribution in [1.29, 1.82) is 0 Å². The topological polar surface area (TPSA) is 56.1 Å². The van der Waals surface area contributed by atoms with Crippen LogP contribution in [0.4, 0.5) is 0 Å². The number of aryl methyl sites for hydroxylation is 1. The van der Waals surface area contributed by atoms with Crippen LogP contribution >= 0.6 is 0 Å². The first-order valence-corrected chi connectivity index (χ1v) is 8.81. The molecule has 1 saturated heterocycles. The Kier molecular flexibility index (Phi) is 4.72. The molecule has 6 nitrogen and oxygen atoms in total. The largest absolute Gasteiger partial charge is 0.375 e. The zero-order valence-corrected chi connectivity index (χ0v) is 14.5. The molecule has 0 bridgehead atoms. The highest BCUT2D eigenvalue weighted by Gasteiger charge is 2.20. The van der Waals surface area contributed by atoms with Crippen molar-refractivity contribution in [3.8, 4) is 0 Å². The standard InChI is InChI=1S/C19H23N5O/c1-15-19(22-18-7-3-2-6-17(18)21-15)14-23-9-5-11-25-16(12-23)13-24-10-4-8-20-24/h2-4,6-8,10,16H,5,9,11-14H2,1H3. The molecule has 3 aromatic rings. The van der Waals surface area contributed by atoms with Gasteiger partial charge in [-0.25, -0.2) is 9.97 Å². The first kappa shape index (κ1) is 16.2. The summed E-state index contributed by atoms with van der Waals surface area (Å²) in [5.74, 6) is 0. The second-order valence-electron chi connectivity index (χ2n) is 6.55. The van der Waals surface area contributed by atoms with Crippen LogP contribution in [0.2, 0.25) is 0 Å². The van der Waals surface area contributed by atoms with Crippen LogP contribution in [0.5, 0.6) is 0 Å². The Morgan fingerprint density at radius 2 is 2.00 bits per heavy atom. The summed E-state index contributed by atoms with van der Waals surface area (Å²) in [4.78, 5) is 12.0. The lowest BCUT2D eigenvalue weighted by Gasteiger charge is -2.24. The highest BCUT2D eigenvalue weighted by Crippen LogP contribution is 2.16. The smallest absolute Gasteiger partial charge is 0.0897 e. The van der Waals surface area contributed by atoms with Gasteiger partial charge in [-0.2, -0.15) is 5.10 Å². The molecule has 4 rings (SSSR count). The van der Waals surface area contributed by atoms with Crippen LogP contribution in [0, 0.1) is 6.92 Å². The van der Waals surface area contributed by atoms with Crippen molar-refractivity contribution in [2.45, 2.75) is 32.5 Å². The normalized spacial score (nSPS) is 19.2. The van der Waals surface area contributed by atoms with Gasteiger partial charge in [0, 0.05) is 38.6 Å². The number of benzene rings is 1. The molecule has 0 N–H and O–H groups in total. The zero-order valence-electron chi connectivity index (χ0n) is 14.5. The minimum absolute atomic E-state index is 0.149. The third-order valence-corrected chi connectivity index (χ3v) is 4.60. The maximum Gasteiger partial charge on any atom is 0.0897 e. The Bertz CT molecular complexity index is 833. The summed E-state index contributed by atoms with van der Waals surface area (Å²) in [5.41, 5.74) is 3.98. The van der Waals surface area contributed by atoms with E-state index in [0.717, 1.165) is 61.6 Å². The summed E-state index contributed by atoms with van der Waals surface area (Å²) >= 11 is 0. The molecule has 1 aliphatic heterocycles. The monoisotopic (exact) mass is 337 g/mol. The number of para-hydroxylation sites is 2. The Morgan fingerprint density at radius 1 is 1.16 bits per heavy atom. The van der Waals surface area contributed by atoms with E-state index < -0.39 is 0 Å². The SMILES string of the molecule is Cc1nc2ccccc2nc1CN1CCCOC(Cn2cccn2)C1. The van der Waals surface area contributed by atoms with E-state index in [4.69, 9.17) is 14.7 Å². The van der Waals surface area contributed by atoms with E-state index in [1.165, 1.54) is 0 Å². The average Bonchev–Trinajstić information content (AvgIpc) is 3.02. The van der Waals surface area contributed by atoms with Gasteiger partial charge in [0.2, 0.25) is 0 Å². The van der Waals surface area contributed by atoms with E-state index in [2.05, 4.69) is 10.00 Å². The van der Waals surface area contributed by atoms with Crippen molar-refractivity contribution < 1.29 is 4.74 Å². The zero-order chi connectivity index (χ0) is 17.1. The summed E-state index contributed by atoms with van der Waals surface area (Å²) in [6.45, 7) is 6.33. The molecule has 1 atom stereocenters. The number of fused-ring (bicyclic) bond motifs is 1. The quantitative estimate of drug-likeness (QED) is 0.732. The van der Waals surface area contributed by atoms with Crippen molar-refractivity contribution in [2.24, 2.45) is 0 Å². The molecule has 25 heavy (non-hydrogen) atoms. The fourth-order valence-corrected chi connectivity index (χ4v) is 3.33. The Balaban J connectivity index is 1.49. The van der Waals surface area contributed by atoms with Crippen LogP contribution in [-0.2, 0) is 17.8 Å². The minimum atomic E-state index is 0.149. The van der Waals surface area contributed by atoms with Gasteiger partial charge in [-0.15, -0.1) is 0 Å². The van der Waals surface area contributed by atoms with Crippen molar-refractivity contribution in [2.75, 3.05) is 19.7 Å². The van der Waals surface area contributed by atoms with Crippen LogP contribution in [0.3, 0.4) is 0 Å². The lowest BCUT2D eigenvalue weighted by molar-refractivity contribution is 0.0389. The van der Waals surface area contributed by atoms with E-state index in [0.29, 0.717) is 0 Å². The minimum Gasteiger partial charge on any atom is -0.375 e. The predicted molar refractivity (Wildman–Crippen MR) is 96.1 cm³/mol. The van der Waals surface area contributed by atoms with E-state index in [1.54, 1.807) is 0 Å². The van der Waals surface area contributed by atoms with Gasteiger partial charge in [-0.1, -0.05) is 12.1 Å². The van der Waals surface area contributed by atoms with Crippen molar-refractivity contribution in [1.82, 2.24) is 24.6 Å². The summed E-state index contributed by atoms with van der Waals surface area (Å²) < 4.78 is 7.95. The third kappa shape index (κ3) is 3.86. The second kappa shape index (κ2) is 7.29. The third-order valence-electron chi connectivity index (χ3n) is 4.60. The molecule has 6 heteroatoms. The van der Waals surface area contributed by atoms with Gasteiger partial charge in [0.25, 0.3) is 0 Å². The Labute approximate surface area is 147 Å². The number of hydrogen-bond acceptors (Lipinski definition) is 5. The molecule has 1 fully saturated rings. The number of ether oxygens (including phenoxy) is 1. The highest BCUT2D eigenvalue weighted by molar-refractivity contribution is 5.74. The molecule has 0 saturated carbocycles. The maximum absolute atomic E-state index is 6.01. The van der Waals surface area contributed by atoms with Crippen LogP contribution in [0.25, 0.3) is 11.0 Å². The van der Waals surface area contributed by atoms with E-state index in [-0.39, 0.29) is 6.10 Å². The second-order valence-corrected chi connectivity index (χ2v) is 6.55. The van der Waals surface area contributed by atoms with Gasteiger partial charge in [0.1, 0.15) is 0 Å². The number of aromatic nitrogens is 4. The van der Waals surface area contributed by atoms with Gasteiger partial charge in [0.15, 0.2) is 0 Å². The molecule has 0 radical (unpaired) electrons. The molecule has 3 heterocycles. The van der Waals surface area contributed by atoms with E-state index in [1.807, 2.05) is 54.3 Å².